The average molecular weight is 478 g/mol. The van der Waals surface area contributed by atoms with Crippen molar-refractivity contribution in [3.05, 3.63) is 35.7 Å². The second-order valence-electron chi connectivity index (χ2n) is 9.77. The molecule has 2 fully saturated rings. The van der Waals surface area contributed by atoms with E-state index in [4.69, 9.17) is 19.6 Å². The number of ether oxygens (including phenoxy) is 2. The van der Waals surface area contributed by atoms with E-state index in [0.29, 0.717) is 17.5 Å². The topological polar surface area (TPSA) is 81.0 Å². The molecule has 1 N–H and O–H groups in total. The van der Waals surface area contributed by atoms with Crippen molar-refractivity contribution in [3.63, 3.8) is 0 Å². The van der Waals surface area contributed by atoms with E-state index < -0.39 is 0 Å². The third-order valence-corrected chi connectivity index (χ3v) is 7.44. The lowest BCUT2D eigenvalue weighted by molar-refractivity contribution is -0.126. The van der Waals surface area contributed by atoms with E-state index in [2.05, 4.69) is 16.3 Å². The molecule has 8 heteroatoms. The Morgan fingerprint density at radius 3 is 2.40 bits per heavy atom. The molecule has 3 aromatic rings. The van der Waals surface area contributed by atoms with Crippen LogP contribution >= 0.6 is 0 Å². The average Bonchev–Trinajstić information content (AvgIpc) is 3.50. The second-order valence-corrected chi connectivity index (χ2v) is 9.77. The van der Waals surface area contributed by atoms with E-state index in [9.17, 15) is 4.79 Å². The Kier molecular flexibility index (Phi) is 6.54. The molecule has 1 saturated heterocycles. The zero-order valence-electron chi connectivity index (χ0n) is 21.1. The summed E-state index contributed by atoms with van der Waals surface area (Å²) in [5, 5.41) is 8.17. The van der Waals surface area contributed by atoms with E-state index >= 15 is 0 Å². The first-order valence-electron chi connectivity index (χ1n) is 12.6. The fourth-order valence-corrected chi connectivity index (χ4v) is 5.54. The van der Waals surface area contributed by atoms with Crippen LogP contribution in [-0.4, -0.2) is 53.9 Å². The molecule has 0 spiro atoms. The Balaban J connectivity index is 1.41. The SMILES string of the molecule is COc1ccc(-c2c(C)nn3c(N4CCC(C(=O)NC5CCCC5)CC4)cc(C)nc23)cc1OC. The van der Waals surface area contributed by atoms with E-state index in [0.717, 1.165) is 72.8 Å². The third kappa shape index (κ3) is 4.54. The van der Waals surface area contributed by atoms with Crippen LogP contribution in [0.15, 0.2) is 24.3 Å². The summed E-state index contributed by atoms with van der Waals surface area (Å²) >= 11 is 0. The van der Waals surface area contributed by atoms with Gasteiger partial charge in [-0.2, -0.15) is 9.61 Å². The third-order valence-electron chi connectivity index (χ3n) is 7.44. The number of carbonyl (C=O) groups excluding carboxylic acids is 1. The Bertz CT molecular complexity index is 1220. The van der Waals surface area contributed by atoms with Crippen molar-refractivity contribution in [2.75, 3.05) is 32.2 Å². The summed E-state index contributed by atoms with van der Waals surface area (Å²) in [7, 11) is 3.28. The first-order chi connectivity index (χ1) is 17.0. The molecule has 0 bridgehead atoms. The molecular formula is C27H35N5O3. The Hall–Kier alpha value is -3.29. The summed E-state index contributed by atoms with van der Waals surface area (Å²) < 4.78 is 12.9. The fourth-order valence-electron chi connectivity index (χ4n) is 5.54. The molecule has 2 aliphatic rings. The minimum Gasteiger partial charge on any atom is -0.493 e. The molecule has 1 aromatic carbocycles. The smallest absolute Gasteiger partial charge is 0.223 e. The molecule has 8 nitrogen and oxygen atoms in total. The maximum absolute atomic E-state index is 12.8. The van der Waals surface area contributed by atoms with Crippen molar-refractivity contribution in [3.8, 4) is 22.6 Å². The van der Waals surface area contributed by atoms with Crippen molar-refractivity contribution < 1.29 is 14.3 Å². The van der Waals surface area contributed by atoms with Gasteiger partial charge in [0, 0.05) is 42.4 Å². The number of methoxy groups -OCH3 is 2. The van der Waals surface area contributed by atoms with Gasteiger partial charge in [-0.1, -0.05) is 18.9 Å². The summed E-state index contributed by atoms with van der Waals surface area (Å²) in [6.45, 7) is 5.68. The van der Waals surface area contributed by atoms with Crippen LogP contribution in [0.5, 0.6) is 11.5 Å². The van der Waals surface area contributed by atoms with E-state index in [-0.39, 0.29) is 11.8 Å². The lowest BCUT2D eigenvalue weighted by Gasteiger charge is -2.33. The van der Waals surface area contributed by atoms with Gasteiger partial charge in [-0.25, -0.2) is 4.98 Å². The molecule has 35 heavy (non-hydrogen) atoms. The van der Waals surface area contributed by atoms with Crippen molar-refractivity contribution in [1.82, 2.24) is 19.9 Å². The number of nitrogens with one attached hydrogen (secondary N) is 1. The van der Waals surface area contributed by atoms with E-state index in [1.807, 2.05) is 36.6 Å². The number of amides is 1. The highest BCUT2D eigenvalue weighted by Crippen LogP contribution is 2.36. The van der Waals surface area contributed by atoms with Gasteiger partial charge in [0.1, 0.15) is 5.82 Å². The highest BCUT2D eigenvalue weighted by atomic mass is 16.5. The van der Waals surface area contributed by atoms with Crippen LogP contribution in [0, 0.1) is 19.8 Å². The van der Waals surface area contributed by atoms with Crippen LogP contribution < -0.4 is 19.7 Å². The standard InChI is InChI=1S/C27H35N5O3/c1-17-15-24(31-13-11-19(12-14-31)27(33)29-21-7-5-6-8-21)32-26(28-17)25(18(2)30-32)20-9-10-22(34-3)23(16-20)35-4/h9-10,15-16,19,21H,5-8,11-14H2,1-4H3,(H,29,33). The van der Waals surface area contributed by atoms with Gasteiger partial charge in [-0.15, -0.1) is 0 Å². The minimum atomic E-state index is 0.0898. The van der Waals surface area contributed by atoms with Crippen LogP contribution in [0.1, 0.15) is 49.9 Å². The summed E-state index contributed by atoms with van der Waals surface area (Å²) in [6.07, 6.45) is 6.42. The Morgan fingerprint density at radius 2 is 1.71 bits per heavy atom. The fraction of sp³-hybridized carbons (Fsp3) is 0.519. The molecular weight excluding hydrogens is 442 g/mol. The zero-order chi connectivity index (χ0) is 24.5. The van der Waals surface area contributed by atoms with Gasteiger partial charge in [-0.3, -0.25) is 4.79 Å². The number of nitrogens with zero attached hydrogens (tertiary/aromatic N) is 4. The number of hydrogen-bond donors (Lipinski definition) is 1. The van der Waals surface area contributed by atoms with Crippen molar-refractivity contribution in [2.24, 2.45) is 5.92 Å². The van der Waals surface area contributed by atoms with Crippen molar-refractivity contribution >= 4 is 17.4 Å². The quantitative estimate of drug-likeness (QED) is 0.570. The highest BCUT2D eigenvalue weighted by Gasteiger charge is 2.29. The number of rotatable bonds is 6. The number of aromatic nitrogens is 3. The predicted octanol–water partition coefficient (Wildman–Crippen LogP) is 4.31. The highest BCUT2D eigenvalue weighted by molar-refractivity contribution is 5.82. The first kappa shape index (κ1) is 23.5. The zero-order valence-corrected chi connectivity index (χ0v) is 21.1. The molecule has 186 valence electrons. The number of piperidine rings is 1. The van der Waals surface area contributed by atoms with Gasteiger partial charge in [0.15, 0.2) is 17.1 Å². The molecule has 1 saturated carbocycles. The first-order valence-corrected chi connectivity index (χ1v) is 12.6. The van der Waals surface area contributed by atoms with Gasteiger partial charge >= 0.3 is 0 Å². The van der Waals surface area contributed by atoms with Gasteiger partial charge in [0.25, 0.3) is 0 Å². The summed E-state index contributed by atoms with van der Waals surface area (Å²) in [5.41, 5.74) is 4.65. The Labute approximate surface area is 206 Å². The molecule has 0 atom stereocenters. The van der Waals surface area contributed by atoms with Gasteiger partial charge in [0.05, 0.1) is 19.9 Å². The summed E-state index contributed by atoms with van der Waals surface area (Å²) in [4.78, 5) is 20.0. The monoisotopic (exact) mass is 477 g/mol. The molecule has 1 aliphatic heterocycles. The molecule has 0 radical (unpaired) electrons. The number of benzene rings is 1. The van der Waals surface area contributed by atoms with Crippen molar-refractivity contribution in [2.45, 2.75) is 58.4 Å². The predicted molar refractivity (Wildman–Crippen MR) is 136 cm³/mol. The summed E-state index contributed by atoms with van der Waals surface area (Å²) in [5.74, 6) is 2.71. The molecule has 5 rings (SSSR count). The maximum atomic E-state index is 12.8. The van der Waals surface area contributed by atoms with E-state index in [1.54, 1.807) is 14.2 Å². The van der Waals surface area contributed by atoms with Gasteiger partial charge in [-0.05, 0) is 57.2 Å². The summed E-state index contributed by atoms with van der Waals surface area (Å²) in [6, 6.07) is 8.38. The van der Waals surface area contributed by atoms with Crippen LogP contribution in [0.25, 0.3) is 16.8 Å². The molecule has 2 aromatic heterocycles. The molecule has 3 heterocycles. The number of fused-ring (bicyclic) bond motifs is 1. The molecule has 1 amide bonds. The van der Waals surface area contributed by atoms with Gasteiger partial charge < -0.3 is 19.7 Å². The van der Waals surface area contributed by atoms with Crippen LogP contribution in [0.3, 0.4) is 0 Å². The maximum Gasteiger partial charge on any atom is 0.223 e. The van der Waals surface area contributed by atoms with Gasteiger partial charge in [0.2, 0.25) is 5.91 Å². The van der Waals surface area contributed by atoms with Crippen LogP contribution in [0.4, 0.5) is 5.82 Å². The lowest BCUT2D eigenvalue weighted by atomic mass is 9.95. The Morgan fingerprint density at radius 1 is 1.00 bits per heavy atom. The number of hydrogen-bond acceptors (Lipinski definition) is 6. The number of carbonyl (C=O) groups is 1. The second kappa shape index (κ2) is 9.76. The van der Waals surface area contributed by atoms with Crippen LogP contribution in [0.2, 0.25) is 0 Å². The van der Waals surface area contributed by atoms with Crippen LogP contribution in [-0.2, 0) is 4.79 Å². The molecule has 1 aliphatic carbocycles. The largest absolute Gasteiger partial charge is 0.493 e. The molecule has 0 unspecified atom stereocenters. The normalized spacial score (nSPS) is 17.2. The van der Waals surface area contributed by atoms with Crippen molar-refractivity contribution in [1.29, 1.82) is 0 Å². The lowest BCUT2D eigenvalue weighted by Crippen LogP contribution is -2.43. The number of aryl methyl sites for hydroxylation is 2. The minimum absolute atomic E-state index is 0.0898. The number of anilines is 1. The van der Waals surface area contributed by atoms with E-state index in [1.165, 1.54) is 12.8 Å².